The summed E-state index contributed by atoms with van der Waals surface area (Å²) in [6, 6.07) is 9.96. The molecule has 1 aromatic rings. The molecular formula is C17H28N2O. The first-order valence-electron chi connectivity index (χ1n) is 7.74. The van der Waals surface area contributed by atoms with E-state index in [4.69, 9.17) is 10.5 Å². The minimum absolute atomic E-state index is 0.175. The lowest BCUT2D eigenvalue weighted by atomic mass is 9.95. The van der Waals surface area contributed by atoms with Crippen LogP contribution in [0.1, 0.15) is 43.4 Å². The van der Waals surface area contributed by atoms with Gasteiger partial charge in [0.2, 0.25) is 0 Å². The second-order valence-corrected chi connectivity index (χ2v) is 5.89. The van der Waals surface area contributed by atoms with E-state index in [9.17, 15) is 0 Å². The van der Waals surface area contributed by atoms with Crippen molar-refractivity contribution in [3.8, 4) is 0 Å². The van der Waals surface area contributed by atoms with Crippen molar-refractivity contribution < 1.29 is 4.74 Å². The summed E-state index contributed by atoms with van der Waals surface area (Å²) in [4.78, 5) is 2.56. The normalized spacial score (nSPS) is 18.2. The summed E-state index contributed by atoms with van der Waals surface area (Å²) in [5, 5.41) is 0. The van der Waals surface area contributed by atoms with Crippen LogP contribution in [0.3, 0.4) is 0 Å². The topological polar surface area (TPSA) is 38.5 Å². The van der Waals surface area contributed by atoms with Gasteiger partial charge in [0.1, 0.15) is 0 Å². The molecule has 1 fully saturated rings. The predicted octanol–water partition coefficient (Wildman–Crippen LogP) is 2.88. The summed E-state index contributed by atoms with van der Waals surface area (Å²) in [5.41, 5.74) is 9.11. The van der Waals surface area contributed by atoms with Crippen LogP contribution in [0.2, 0.25) is 0 Å². The zero-order valence-corrected chi connectivity index (χ0v) is 13.0. The van der Waals surface area contributed by atoms with Crippen LogP contribution in [0, 0.1) is 6.92 Å². The average molecular weight is 276 g/mol. The van der Waals surface area contributed by atoms with Gasteiger partial charge in [0.25, 0.3) is 0 Å². The first kappa shape index (κ1) is 15.5. The standard InChI is InChI=1S/C17H28N2O/c1-4-16(18)17(14-7-5-6-13(2)12-14)19(10-11-20-3)15-8-9-15/h5-7,12,15-17H,4,8-11,18H2,1-3H3. The Morgan fingerprint density at radius 2 is 2.15 bits per heavy atom. The van der Waals surface area contributed by atoms with Gasteiger partial charge in [-0.05, 0) is 31.7 Å². The van der Waals surface area contributed by atoms with Crippen molar-refractivity contribution in [3.63, 3.8) is 0 Å². The second kappa shape index (κ2) is 7.21. The third-order valence-corrected chi connectivity index (χ3v) is 4.19. The molecular weight excluding hydrogens is 248 g/mol. The SMILES string of the molecule is CCC(N)C(c1cccc(C)c1)N(CCOC)C1CC1. The van der Waals surface area contributed by atoms with Gasteiger partial charge in [-0.2, -0.15) is 0 Å². The van der Waals surface area contributed by atoms with Gasteiger partial charge in [-0.25, -0.2) is 0 Å². The maximum atomic E-state index is 6.46. The highest BCUT2D eigenvalue weighted by molar-refractivity contribution is 5.27. The summed E-state index contributed by atoms with van der Waals surface area (Å²) in [6.45, 7) is 6.06. The van der Waals surface area contributed by atoms with Gasteiger partial charge in [-0.1, -0.05) is 36.8 Å². The molecule has 1 saturated carbocycles. The molecule has 0 spiro atoms. The van der Waals surface area contributed by atoms with E-state index in [0.717, 1.165) is 19.6 Å². The molecule has 2 rings (SSSR count). The predicted molar refractivity (Wildman–Crippen MR) is 83.8 cm³/mol. The van der Waals surface area contributed by atoms with Crippen LogP contribution in [-0.4, -0.2) is 37.2 Å². The molecule has 2 N–H and O–H groups in total. The van der Waals surface area contributed by atoms with Crippen molar-refractivity contribution in [2.75, 3.05) is 20.3 Å². The maximum absolute atomic E-state index is 6.46. The van der Waals surface area contributed by atoms with Gasteiger partial charge in [-0.3, -0.25) is 4.90 Å². The minimum atomic E-state index is 0.175. The van der Waals surface area contributed by atoms with E-state index in [2.05, 4.69) is 43.0 Å². The molecule has 112 valence electrons. The molecule has 1 aliphatic carbocycles. The van der Waals surface area contributed by atoms with Gasteiger partial charge in [0.05, 0.1) is 12.6 Å². The lowest BCUT2D eigenvalue weighted by Crippen LogP contribution is -2.43. The highest BCUT2D eigenvalue weighted by Gasteiger charge is 2.36. The third kappa shape index (κ3) is 3.81. The van der Waals surface area contributed by atoms with Crippen LogP contribution in [0.4, 0.5) is 0 Å². The highest BCUT2D eigenvalue weighted by Crippen LogP contribution is 2.36. The number of benzene rings is 1. The molecule has 1 aromatic carbocycles. The van der Waals surface area contributed by atoms with Crippen molar-refractivity contribution >= 4 is 0 Å². The molecule has 1 aliphatic rings. The number of nitrogens with zero attached hydrogens (tertiary/aromatic N) is 1. The first-order chi connectivity index (χ1) is 9.67. The van der Waals surface area contributed by atoms with E-state index < -0.39 is 0 Å². The number of methoxy groups -OCH3 is 1. The van der Waals surface area contributed by atoms with Gasteiger partial charge >= 0.3 is 0 Å². The molecule has 2 unspecified atom stereocenters. The van der Waals surface area contributed by atoms with Crippen molar-refractivity contribution in [1.29, 1.82) is 0 Å². The summed E-state index contributed by atoms with van der Waals surface area (Å²) >= 11 is 0. The quantitative estimate of drug-likeness (QED) is 0.793. The minimum Gasteiger partial charge on any atom is -0.383 e. The Balaban J connectivity index is 2.25. The van der Waals surface area contributed by atoms with Crippen molar-refractivity contribution in [2.24, 2.45) is 5.73 Å². The molecule has 0 bridgehead atoms. The first-order valence-corrected chi connectivity index (χ1v) is 7.74. The Labute approximate surface area is 123 Å². The average Bonchev–Trinajstić information content (AvgIpc) is 3.27. The van der Waals surface area contributed by atoms with Gasteiger partial charge < -0.3 is 10.5 Å². The molecule has 2 atom stereocenters. The Morgan fingerprint density at radius 3 is 2.70 bits per heavy atom. The van der Waals surface area contributed by atoms with Crippen LogP contribution in [0.5, 0.6) is 0 Å². The molecule has 3 nitrogen and oxygen atoms in total. The van der Waals surface area contributed by atoms with E-state index in [1.54, 1.807) is 7.11 Å². The third-order valence-electron chi connectivity index (χ3n) is 4.19. The Hall–Kier alpha value is -0.900. The maximum Gasteiger partial charge on any atom is 0.0590 e. The number of hydrogen-bond donors (Lipinski definition) is 1. The van der Waals surface area contributed by atoms with Crippen molar-refractivity contribution in [3.05, 3.63) is 35.4 Å². The van der Waals surface area contributed by atoms with Crippen LogP contribution in [-0.2, 0) is 4.74 Å². The molecule has 0 aromatic heterocycles. The van der Waals surface area contributed by atoms with Crippen LogP contribution < -0.4 is 5.73 Å². The number of rotatable bonds is 8. The molecule has 0 heterocycles. The fourth-order valence-corrected chi connectivity index (χ4v) is 2.91. The summed E-state index contributed by atoms with van der Waals surface area (Å²) in [7, 11) is 1.77. The summed E-state index contributed by atoms with van der Waals surface area (Å²) in [6.07, 6.45) is 3.58. The molecule has 0 radical (unpaired) electrons. The lowest BCUT2D eigenvalue weighted by Gasteiger charge is -2.36. The molecule has 20 heavy (non-hydrogen) atoms. The Kier molecular flexibility index (Phi) is 5.58. The fraction of sp³-hybridized carbons (Fsp3) is 0.647. The number of hydrogen-bond acceptors (Lipinski definition) is 3. The van der Waals surface area contributed by atoms with E-state index in [-0.39, 0.29) is 6.04 Å². The Morgan fingerprint density at radius 1 is 1.40 bits per heavy atom. The number of ether oxygens (including phenoxy) is 1. The smallest absolute Gasteiger partial charge is 0.0590 e. The van der Waals surface area contributed by atoms with Gasteiger partial charge in [0, 0.05) is 25.7 Å². The summed E-state index contributed by atoms with van der Waals surface area (Å²) in [5.74, 6) is 0. The number of nitrogens with two attached hydrogens (primary N) is 1. The monoisotopic (exact) mass is 276 g/mol. The zero-order valence-electron chi connectivity index (χ0n) is 13.0. The highest BCUT2D eigenvalue weighted by atomic mass is 16.5. The number of aryl methyl sites for hydroxylation is 1. The van der Waals surface area contributed by atoms with Gasteiger partial charge in [0.15, 0.2) is 0 Å². The van der Waals surface area contributed by atoms with E-state index in [1.807, 2.05) is 0 Å². The molecule has 3 heteroatoms. The largest absolute Gasteiger partial charge is 0.383 e. The Bertz CT molecular complexity index is 417. The fourth-order valence-electron chi connectivity index (χ4n) is 2.91. The van der Waals surface area contributed by atoms with E-state index in [0.29, 0.717) is 12.1 Å². The van der Waals surface area contributed by atoms with Crippen LogP contribution in [0.15, 0.2) is 24.3 Å². The van der Waals surface area contributed by atoms with E-state index >= 15 is 0 Å². The zero-order chi connectivity index (χ0) is 14.5. The lowest BCUT2D eigenvalue weighted by molar-refractivity contribution is 0.101. The molecule has 0 amide bonds. The van der Waals surface area contributed by atoms with Crippen LogP contribution in [0.25, 0.3) is 0 Å². The van der Waals surface area contributed by atoms with Crippen molar-refractivity contribution in [2.45, 2.75) is 51.2 Å². The summed E-state index contributed by atoms with van der Waals surface area (Å²) < 4.78 is 5.29. The molecule has 0 aliphatic heterocycles. The van der Waals surface area contributed by atoms with E-state index in [1.165, 1.54) is 24.0 Å². The second-order valence-electron chi connectivity index (χ2n) is 5.89. The van der Waals surface area contributed by atoms with Crippen molar-refractivity contribution in [1.82, 2.24) is 4.90 Å². The van der Waals surface area contributed by atoms with Gasteiger partial charge in [-0.15, -0.1) is 0 Å². The van der Waals surface area contributed by atoms with Crippen LogP contribution >= 0.6 is 0 Å². The molecule has 0 saturated heterocycles.